The van der Waals surface area contributed by atoms with E-state index in [4.69, 9.17) is 30.5 Å². The van der Waals surface area contributed by atoms with Crippen molar-refractivity contribution in [3.05, 3.63) is 81.6 Å². The molecule has 7 heteroatoms. The Labute approximate surface area is 265 Å². The second-order valence-electron chi connectivity index (χ2n) is 13.3. The Kier molecular flexibility index (Phi) is 7.12. The summed E-state index contributed by atoms with van der Waals surface area (Å²) in [5, 5.41) is 0.867. The summed E-state index contributed by atoms with van der Waals surface area (Å²) in [6.45, 7) is 16.1. The lowest BCUT2D eigenvalue weighted by atomic mass is 9.81. The maximum Gasteiger partial charge on any atom is 0.231 e. The molecule has 6 nitrogen and oxygen atoms in total. The van der Waals surface area contributed by atoms with Gasteiger partial charge in [-0.2, -0.15) is 4.58 Å². The molecule has 0 amide bonds. The molecule has 0 fully saturated rings. The summed E-state index contributed by atoms with van der Waals surface area (Å²) in [6.07, 6.45) is 13.0. The smallest absolute Gasteiger partial charge is 0.231 e. The third-order valence-corrected chi connectivity index (χ3v) is 10.3. The molecule has 0 saturated heterocycles. The Balaban J connectivity index is 1.20. The van der Waals surface area contributed by atoms with Crippen molar-refractivity contribution in [2.24, 2.45) is 0 Å². The monoisotopic (exact) mass is 613 g/mol. The summed E-state index contributed by atoms with van der Waals surface area (Å²) in [5.41, 5.74) is 9.54. The van der Waals surface area contributed by atoms with Gasteiger partial charge in [0, 0.05) is 52.5 Å². The van der Waals surface area contributed by atoms with Crippen LogP contribution in [0.1, 0.15) is 78.4 Å². The van der Waals surface area contributed by atoms with Crippen LogP contribution in [0.4, 0.5) is 11.4 Å². The largest absolute Gasteiger partial charge is 0.454 e. The van der Waals surface area contributed by atoms with E-state index in [9.17, 15) is 0 Å². The number of halogens is 1. The molecule has 2 aromatic carbocycles. The normalized spacial score (nSPS) is 22.4. The minimum atomic E-state index is -0.168. The number of hydrogen-bond acceptors (Lipinski definition) is 5. The highest BCUT2D eigenvalue weighted by Crippen LogP contribution is 2.53. The van der Waals surface area contributed by atoms with Crippen molar-refractivity contribution < 1.29 is 23.5 Å². The maximum atomic E-state index is 7.09. The van der Waals surface area contributed by atoms with Gasteiger partial charge < -0.3 is 23.8 Å². The minimum Gasteiger partial charge on any atom is -0.454 e. The van der Waals surface area contributed by atoms with Crippen LogP contribution in [0.2, 0.25) is 0 Å². The van der Waals surface area contributed by atoms with Crippen LogP contribution in [0.5, 0.6) is 23.0 Å². The van der Waals surface area contributed by atoms with Crippen LogP contribution in [0.15, 0.2) is 70.4 Å². The molecule has 0 radical (unpaired) electrons. The van der Waals surface area contributed by atoms with Gasteiger partial charge in [-0.1, -0.05) is 51.4 Å². The molecule has 0 bridgehead atoms. The Morgan fingerprint density at radius 3 is 2.14 bits per heavy atom. The summed E-state index contributed by atoms with van der Waals surface area (Å²) in [4.78, 5) is 2.44. The van der Waals surface area contributed by atoms with Crippen LogP contribution >= 0.6 is 11.6 Å². The molecule has 7 rings (SSSR count). The number of benzene rings is 2. The molecule has 0 aromatic heterocycles. The van der Waals surface area contributed by atoms with Gasteiger partial charge in [0.15, 0.2) is 28.7 Å². The summed E-state index contributed by atoms with van der Waals surface area (Å²) in [7, 11) is 0. The van der Waals surface area contributed by atoms with Gasteiger partial charge in [-0.05, 0) is 68.0 Å². The quantitative estimate of drug-likeness (QED) is 0.292. The summed E-state index contributed by atoms with van der Waals surface area (Å²) >= 11 is 7.09. The first-order valence-electron chi connectivity index (χ1n) is 15.9. The van der Waals surface area contributed by atoms with Crippen molar-refractivity contribution in [1.29, 1.82) is 0 Å². The van der Waals surface area contributed by atoms with Crippen molar-refractivity contribution in [2.45, 2.75) is 78.1 Å². The number of hydrogen-bond donors (Lipinski definition) is 0. The number of fused-ring (bicyclic) bond motifs is 4. The van der Waals surface area contributed by atoms with E-state index in [-0.39, 0.29) is 24.4 Å². The average Bonchev–Trinajstić information content (AvgIpc) is 3.79. The first-order valence-corrected chi connectivity index (χ1v) is 16.3. The van der Waals surface area contributed by atoms with Gasteiger partial charge in [0.2, 0.25) is 19.3 Å². The molecule has 44 heavy (non-hydrogen) atoms. The van der Waals surface area contributed by atoms with E-state index >= 15 is 0 Å². The van der Waals surface area contributed by atoms with Gasteiger partial charge in [-0.25, -0.2) is 0 Å². The number of ether oxygens (including phenoxy) is 4. The molecule has 0 N–H and O–H groups in total. The fourth-order valence-corrected chi connectivity index (χ4v) is 7.73. The molecule has 4 aliphatic heterocycles. The molecular formula is C37H42ClN2O4+. The van der Waals surface area contributed by atoms with E-state index in [0.717, 1.165) is 66.8 Å². The lowest BCUT2D eigenvalue weighted by Crippen LogP contribution is -2.27. The van der Waals surface area contributed by atoms with Crippen LogP contribution in [-0.2, 0) is 10.8 Å². The molecule has 0 atom stereocenters. The van der Waals surface area contributed by atoms with E-state index in [1.54, 1.807) is 0 Å². The number of anilines is 1. The van der Waals surface area contributed by atoms with Gasteiger partial charge in [0.25, 0.3) is 0 Å². The third kappa shape index (κ3) is 4.48. The van der Waals surface area contributed by atoms with Crippen molar-refractivity contribution >= 4 is 28.7 Å². The second kappa shape index (κ2) is 10.8. The van der Waals surface area contributed by atoms with Crippen LogP contribution in [0.3, 0.4) is 0 Å². The van der Waals surface area contributed by atoms with Crippen molar-refractivity contribution in [3.8, 4) is 23.0 Å². The average molecular weight is 614 g/mol. The number of allylic oxidation sites excluding steroid dienone is 8. The predicted molar refractivity (Wildman–Crippen MR) is 176 cm³/mol. The molecule has 1 aliphatic carbocycles. The first-order chi connectivity index (χ1) is 21.1. The highest BCUT2D eigenvalue weighted by molar-refractivity contribution is 6.33. The maximum absolute atomic E-state index is 7.09. The minimum absolute atomic E-state index is 0.168. The second-order valence-corrected chi connectivity index (χ2v) is 13.7. The molecule has 0 spiro atoms. The van der Waals surface area contributed by atoms with E-state index < -0.39 is 0 Å². The Hall–Kier alpha value is -3.64. The molecule has 0 saturated carbocycles. The SMILES string of the molecule is CCCN1/C(=C\C=C2/CCC(/C=C/C3=[N+](CCC)c4cc5c(cc4C3(C)C)OCO5)=C2Cl)C(C)(C)c2cc3c(cc21)OCO3. The van der Waals surface area contributed by atoms with Crippen molar-refractivity contribution in [1.82, 2.24) is 0 Å². The zero-order valence-electron chi connectivity index (χ0n) is 26.7. The van der Waals surface area contributed by atoms with Gasteiger partial charge in [0.05, 0.1) is 11.5 Å². The topological polar surface area (TPSA) is 43.2 Å². The first kappa shape index (κ1) is 29.1. The molecule has 0 unspecified atom stereocenters. The van der Waals surface area contributed by atoms with Crippen LogP contribution in [0, 0.1) is 0 Å². The molecule has 230 valence electrons. The number of rotatable bonds is 7. The molecular weight excluding hydrogens is 572 g/mol. The van der Waals surface area contributed by atoms with E-state index in [1.807, 2.05) is 0 Å². The van der Waals surface area contributed by atoms with Crippen LogP contribution < -0.4 is 23.8 Å². The van der Waals surface area contributed by atoms with Gasteiger partial charge in [-0.15, -0.1) is 0 Å². The summed E-state index contributed by atoms with van der Waals surface area (Å²) < 4.78 is 25.3. The zero-order chi connectivity index (χ0) is 30.8. The lowest BCUT2D eigenvalue weighted by Gasteiger charge is -2.26. The van der Waals surface area contributed by atoms with Gasteiger partial charge in [-0.3, -0.25) is 0 Å². The molecule has 2 aromatic rings. The van der Waals surface area contributed by atoms with E-state index in [2.05, 4.69) is 99.6 Å². The Morgan fingerprint density at radius 2 is 1.45 bits per heavy atom. The van der Waals surface area contributed by atoms with Crippen LogP contribution in [-0.4, -0.2) is 37.0 Å². The Morgan fingerprint density at radius 1 is 0.795 bits per heavy atom. The lowest BCUT2D eigenvalue weighted by molar-refractivity contribution is -0.437. The summed E-state index contributed by atoms with van der Waals surface area (Å²) in [6, 6.07) is 8.61. The van der Waals surface area contributed by atoms with E-state index in [1.165, 1.54) is 45.1 Å². The van der Waals surface area contributed by atoms with Gasteiger partial charge >= 0.3 is 0 Å². The predicted octanol–water partition coefficient (Wildman–Crippen LogP) is 8.79. The molecule has 4 heterocycles. The fourth-order valence-electron chi connectivity index (χ4n) is 7.41. The van der Waals surface area contributed by atoms with Crippen molar-refractivity contribution in [3.63, 3.8) is 0 Å². The van der Waals surface area contributed by atoms with Crippen LogP contribution in [0.25, 0.3) is 0 Å². The van der Waals surface area contributed by atoms with Gasteiger partial charge in [0.1, 0.15) is 6.54 Å². The Bertz CT molecular complexity index is 1710. The fraction of sp³-hybridized carbons (Fsp3) is 0.432. The summed E-state index contributed by atoms with van der Waals surface area (Å²) in [5.74, 6) is 3.32. The highest BCUT2D eigenvalue weighted by atomic mass is 35.5. The van der Waals surface area contributed by atoms with E-state index in [0.29, 0.717) is 0 Å². The number of nitrogens with zero attached hydrogens (tertiary/aromatic N) is 2. The standard InChI is InChI=1S/C37H42ClN2O4/c1-7-15-39-27-19-31-29(41-21-43-31)17-25(27)36(3,4)33(39)13-11-23-9-10-24(35(23)38)12-14-34-37(5,6)26-18-30-32(44-22-42-30)20-28(26)40(34)16-8-2/h11-14,17-20H,7-10,15-16,21-22H2,1-6H3/q+1. The third-order valence-electron chi connectivity index (χ3n) is 9.78. The zero-order valence-corrected chi connectivity index (χ0v) is 27.4. The molecule has 5 aliphatic rings. The van der Waals surface area contributed by atoms with Crippen molar-refractivity contribution in [2.75, 3.05) is 31.6 Å². The highest BCUT2D eigenvalue weighted by Gasteiger charge is 2.46.